The molecule has 0 amide bonds. The Balaban J connectivity index is 1.45. The van der Waals surface area contributed by atoms with Crippen LogP contribution in [0.3, 0.4) is 0 Å². The van der Waals surface area contributed by atoms with Gasteiger partial charge in [-0.05, 0) is 57.1 Å². The van der Waals surface area contributed by atoms with Gasteiger partial charge in [0, 0.05) is 12.0 Å². The quantitative estimate of drug-likeness (QED) is 0.646. The molecule has 4 heteroatoms. The van der Waals surface area contributed by atoms with Crippen molar-refractivity contribution in [2.45, 2.75) is 69.6 Å². The minimum absolute atomic E-state index is 0.263. The van der Waals surface area contributed by atoms with Crippen LogP contribution in [0.5, 0.6) is 0 Å². The standard InChI is InChI=1S/C20H29N3O/c1-3-21-19(23-17-12-15-8-9-18(17)24-15)22-13-20(10-11-20)16-7-5-4-6-14(16)2/h4-7,15,17-18H,3,8-13H2,1-2H3,(H2,21,22,23). The van der Waals surface area contributed by atoms with E-state index in [4.69, 9.17) is 9.73 Å². The molecule has 2 heterocycles. The van der Waals surface area contributed by atoms with Gasteiger partial charge in [0.25, 0.3) is 0 Å². The van der Waals surface area contributed by atoms with Crippen molar-refractivity contribution in [2.75, 3.05) is 13.1 Å². The van der Waals surface area contributed by atoms with Gasteiger partial charge in [0.1, 0.15) is 0 Å². The van der Waals surface area contributed by atoms with E-state index in [0.717, 1.165) is 25.5 Å². The number of nitrogens with zero attached hydrogens (tertiary/aromatic N) is 1. The van der Waals surface area contributed by atoms with Gasteiger partial charge in [-0.15, -0.1) is 0 Å². The predicted molar refractivity (Wildman–Crippen MR) is 97.5 cm³/mol. The van der Waals surface area contributed by atoms with Crippen LogP contribution in [0.25, 0.3) is 0 Å². The van der Waals surface area contributed by atoms with Crippen molar-refractivity contribution in [2.24, 2.45) is 4.99 Å². The number of fused-ring (bicyclic) bond motifs is 2. The first-order chi connectivity index (χ1) is 11.7. The van der Waals surface area contributed by atoms with Gasteiger partial charge in [0.2, 0.25) is 0 Å². The summed E-state index contributed by atoms with van der Waals surface area (Å²) in [7, 11) is 0. The molecule has 0 spiro atoms. The van der Waals surface area contributed by atoms with E-state index in [1.807, 2.05) is 0 Å². The van der Waals surface area contributed by atoms with Gasteiger partial charge in [-0.3, -0.25) is 4.99 Å². The molecule has 4 rings (SSSR count). The van der Waals surface area contributed by atoms with Crippen LogP contribution in [-0.4, -0.2) is 37.3 Å². The van der Waals surface area contributed by atoms with Crippen molar-refractivity contribution in [3.05, 3.63) is 35.4 Å². The molecule has 2 saturated heterocycles. The second-order valence-electron chi connectivity index (χ2n) is 7.65. The Morgan fingerprint density at radius 1 is 1.29 bits per heavy atom. The second-order valence-corrected chi connectivity index (χ2v) is 7.65. The molecular weight excluding hydrogens is 298 g/mol. The fourth-order valence-electron chi connectivity index (χ4n) is 4.35. The summed E-state index contributed by atoms with van der Waals surface area (Å²) in [6.45, 7) is 6.11. The molecular formula is C20H29N3O. The highest BCUT2D eigenvalue weighted by molar-refractivity contribution is 5.80. The maximum atomic E-state index is 5.96. The Kier molecular flexibility index (Phi) is 4.25. The molecule has 2 bridgehead atoms. The number of hydrogen-bond donors (Lipinski definition) is 2. The summed E-state index contributed by atoms with van der Waals surface area (Å²) in [6, 6.07) is 9.20. The number of guanidine groups is 1. The van der Waals surface area contributed by atoms with Gasteiger partial charge in [-0.1, -0.05) is 24.3 Å². The molecule has 1 saturated carbocycles. The van der Waals surface area contributed by atoms with Crippen molar-refractivity contribution in [1.29, 1.82) is 0 Å². The first-order valence-corrected chi connectivity index (χ1v) is 9.46. The number of nitrogens with one attached hydrogen (secondary N) is 2. The maximum absolute atomic E-state index is 5.96. The third-order valence-electron chi connectivity index (χ3n) is 5.88. The topological polar surface area (TPSA) is 45.7 Å². The molecule has 2 aliphatic heterocycles. The number of ether oxygens (including phenoxy) is 1. The summed E-state index contributed by atoms with van der Waals surface area (Å²) in [6.07, 6.45) is 6.89. The third-order valence-corrected chi connectivity index (χ3v) is 5.88. The number of rotatable bonds is 5. The Morgan fingerprint density at radius 2 is 2.12 bits per heavy atom. The zero-order chi connectivity index (χ0) is 16.6. The molecule has 1 aliphatic carbocycles. The lowest BCUT2D eigenvalue weighted by atomic mass is 9.92. The fraction of sp³-hybridized carbons (Fsp3) is 0.650. The van der Waals surface area contributed by atoms with Crippen LogP contribution in [0.15, 0.2) is 29.3 Å². The molecule has 4 nitrogen and oxygen atoms in total. The van der Waals surface area contributed by atoms with Crippen molar-refractivity contribution >= 4 is 5.96 Å². The van der Waals surface area contributed by atoms with Crippen LogP contribution in [0.1, 0.15) is 50.2 Å². The molecule has 130 valence electrons. The van der Waals surface area contributed by atoms with Crippen molar-refractivity contribution < 1.29 is 4.74 Å². The van der Waals surface area contributed by atoms with E-state index in [2.05, 4.69) is 48.7 Å². The van der Waals surface area contributed by atoms with Gasteiger partial charge < -0.3 is 15.4 Å². The number of aliphatic imine (C=N–C) groups is 1. The molecule has 3 fully saturated rings. The van der Waals surface area contributed by atoms with Gasteiger partial charge in [0.15, 0.2) is 5.96 Å². The Labute approximate surface area is 145 Å². The largest absolute Gasteiger partial charge is 0.373 e. The fourth-order valence-corrected chi connectivity index (χ4v) is 4.35. The van der Waals surface area contributed by atoms with E-state index in [1.54, 1.807) is 0 Å². The molecule has 2 N–H and O–H groups in total. The van der Waals surface area contributed by atoms with E-state index in [1.165, 1.54) is 36.8 Å². The van der Waals surface area contributed by atoms with E-state index in [9.17, 15) is 0 Å². The number of benzene rings is 1. The van der Waals surface area contributed by atoms with E-state index >= 15 is 0 Å². The Morgan fingerprint density at radius 3 is 2.75 bits per heavy atom. The zero-order valence-corrected chi connectivity index (χ0v) is 14.8. The lowest BCUT2D eigenvalue weighted by Gasteiger charge is -2.23. The molecule has 3 atom stereocenters. The summed E-state index contributed by atoms with van der Waals surface area (Å²) in [5.74, 6) is 0.957. The maximum Gasteiger partial charge on any atom is 0.191 e. The predicted octanol–water partition coefficient (Wildman–Crippen LogP) is 2.90. The third kappa shape index (κ3) is 3.04. The highest BCUT2D eigenvalue weighted by Crippen LogP contribution is 2.49. The van der Waals surface area contributed by atoms with Crippen LogP contribution < -0.4 is 10.6 Å². The molecule has 1 aromatic carbocycles. The lowest BCUT2D eigenvalue weighted by molar-refractivity contribution is 0.0992. The summed E-state index contributed by atoms with van der Waals surface area (Å²) in [4.78, 5) is 4.95. The normalized spacial score (nSPS) is 30.4. The van der Waals surface area contributed by atoms with Crippen LogP contribution in [-0.2, 0) is 10.2 Å². The Bertz CT molecular complexity index is 623. The molecule has 3 aliphatic rings. The highest BCUT2D eigenvalue weighted by Gasteiger charge is 2.45. The van der Waals surface area contributed by atoms with Gasteiger partial charge in [-0.25, -0.2) is 0 Å². The molecule has 1 aromatic rings. The summed E-state index contributed by atoms with van der Waals surface area (Å²) < 4.78 is 5.96. The van der Waals surface area contributed by atoms with E-state index in [0.29, 0.717) is 18.2 Å². The van der Waals surface area contributed by atoms with E-state index in [-0.39, 0.29) is 5.41 Å². The monoisotopic (exact) mass is 327 g/mol. The average molecular weight is 327 g/mol. The van der Waals surface area contributed by atoms with Crippen LogP contribution in [0.2, 0.25) is 0 Å². The first kappa shape index (κ1) is 15.9. The second kappa shape index (κ2) is 6.40. The minimum atomic E-state index is 0.263. The summed E-state index contributed by atoms with van der Waals surface area (Å²) in [5, 5.41) is 7.05. The smallest absolute Gasteiger partial charge is 0.191 e. The lowest BCUT2D eigenvalue weighted by Crippen LogP contribution is -2.47. The van der Waals surface area contributed by atoms with E-state index < -0.39 is 0 Å². The molecule has 0 aromatic heterocycles. The highest BCUT2D eigenvalue weighted by atomic mass is 16.5. The SMILES string of the molecule is CCNC(=NCC1(c2ccccc2C)CC1)NC1CC2CCC1O2. The minimum Gasteiger partial charge on any atom is -0.373 e. The Hall–Kier alpha value is -1.55. The first-order valence-electron chi connectivity index (χ1n) is 9.46. The molecule has 0 radical (unpaired) electrons. The average Bonchev–Trinajstić information content (AvgIpc) is 3.07. The van der Waals surface area contributed by atoms with Crippen LogP contribution in [0, 0.1) is 6.92 Å². The number of hydrogen-bond acceptors (Lipinski definition) is 2. The van der Waals surface area contributed by atoms with Crippen LogP contribution in [0.4, 0.5) is 0 Å². The van der Waals surface area contributed by atoms with Crippen molar-refractivity contribution in [3.8, 4) is 0 Å². The van der Waals surface area contributed by atoms with Gasteiger partial charge >= 0.3 is 0 Å². The van der Waals surface area contributed by atoms with Crippen molar-refractivity contribution in [3.63, 3.8) is 0 Å². The summed E-state index contributed by atoms with van der Waals surface area (Å²) >= 11 is 0. The summed E-state index contributed by atoms with van der Waals surface area (Å²) in [5.41, 5.74) is 3.14. The van der Waals surface area contributed by atoms with Crippen LogP contribution >= 0.6 is 0 Å². The molecule has 24 heavy (non-hydrogen) atoms. The number of aryl methyl sites for hydroxylation is 1. The van der Waals surface area contributed by atoms with Gasteiger partial charge in [0.05, 0.1) is 24.8 Å². The molecule has 3 unspecified atom stereocenters. The van der Waals surface area contributed by atoms with Gasteiger partial charge in [-0.2, -0.15) is 0 Å². The zero-order valence-electron chi connectivity index (χ0n) is 14.8. The van der Waals surface area contributed by atoms with Crippen molar-refractivity contribution in [1.82, 2.24) is 10.6 Å².